The summed E-state index contributed by atoms with van der Waals surface area (Å²) < 4.78 is 0. The van der Waals surface area contributed by atoms with Gasteiger partial charge in [-0.25, -0.2) is 0 Å². The first kappa shape index (κ1) is 16.5. The molecule has 1 aromatic carbocycles. The number of hydrogen-bond donors (Lipinski definition) is 1. The molecule has 19 heavy (non-hydrogen) atoms. The molecule has 0 bridgehead atoms. The average Bonchev–Trinajstić information content (AvgIpc) is 2.40. The van der Waals surface area contributed by atoms with Crippen LogP contribution in [0.3, 0.4) is 0 Å². The van der Waals surface area contributed by atoms with Gasteiger partial charge in [0.1, 0.15) is 0 Å². The first-order valence-electron chi connectivity index (χ1n) is 7.18. The lowest BCUT2D eigenvalue weighted by Gasteiger charge is -2.46. The van der Waals surface area contributed by atoms with E-state index in [0.29, 0.717) is 0 Å². The lowest BCUT2D eigenvalue weighted by molar-refractivity contribution is 0.0889. The molecule has 3 heteroatoms. The number of nitrogens with zero attached hydrogens (tertiary/aromatic N) is 1. The third kappa shape index (κ3) is 3.31. The summed E-state index contributed by atoms with van der Waals surface area (Å²) in [6.07, 6.45) is 2.17. The standard InChI is InChI=1S/C16H27ClN2/c1-6-16(7-2,19(4)5)15(18-8-3)13-11-9-10-12-14(13)17/h9-12,15,18H,6-8H2,1-5H3. The minimum absolute atomic E-state index is 0.0843. The summed E-state index contributed by atoms with van der Waals surface area (Å²) >= 11 is 6.42. The summed E-state index contributed by atoms with van der Waals surface area (Å²) in [6, 6.07) is 8.42. The van der Waals surface area contributed by atoms with Gasteiger partial charge >= 0.3 is 0 Å². The molecule has 0 heterocycles. The number of halogens is 1. The van der Waals surface area contributed by atoms with Gasteiger partial charge in [-0.2, -0.15) is 0 Å². The minimum atomic E-state index is 0.0843. The molecule has 0 saturated carbocycles. The highest BCUT2D eigenvalue weighted by Crippen LogP contribution is 2.38. The highest BCUT2D eigenvalue weighted by atomic mass is 35.5. The quantitative estimate of drug-likeness (QED) is 0.810. The van der Waals surface area contributed by atoms with E-state index in [4.69, 9.17) is 11.6 Å². The van der Waals surface area contributed by atoms with Crippen molar-refractivity contribution in [2.24, 2.45) is 0 Å². The van der Waals surface area contributed by atoms with E-state index in [9.17, 15) is 0 Å². The lowest BCUT2D eigenvalue weighted by Crippen LogP contribution is -2.53. The largest absolute Gasteiger partial charge is 0.309 e. The third-order valence-electron chi connectivity index (χ3n) is 4.28. The topological polar surface area (TPSA) is 15.3 Å². The molecule has 2 nitrogen and oxygen atoms in total. The van der Waals surface area contributed by atoms with E-state index in [1.165, 1.54) is 5.56 Å². The Morgan fingerprint density at radius 1 is 1.16 bits per heavy atom. The summed E-state index contributed by atoms with van der Waals surface area (Å²) in [4.78, 5) is 2.34. The first-order chi connectivity index (χ1) is 9.03. The van der Waals surface area contributed by atoms with Crippen molar-refractivity contribution in [1.29, 1.82) is 0 Å². The summed E-state index contributed by atoms with van der Waals surface area (Å²) in [6.45, 7) is 7.59. The van der Waals surface area contributed by atoms with E-state index >= 15 is 0 Å². The van der Waals surface area contributed by atoms with Crippen LogP contribution in [0.15, 0.2) is 24.3 Å². The lowest BCUT2D eigenvalue weighted by atomic mass is 9.79. The highest BCUT2D eigenvalue weighted by Gasteiger charge is 2.39. The van der Waals surface area contributed by atoms with Gasteiger partial charge in [0.25, 0.3) is 0 Å². The van der Waals surface area contributed by atoms with Crippen LogP contribution in [0.5, 0.6) is 0 Å². The molecule has 1 unspecified atom stereocenters. The summed E-state index contributed by atoms with van der Waals surface area (Å²) in [5, 5.41) is 4.49. The van der Waals surface area contributed by atoms with Crippen LogP contribution in [0.2, 0.25) is 5.02 Å². The number of likely N-dealkylation sites (N-methyl/N-ethyl adjacent to an activating group) is 2. The Morgan fingerprint density at radius 2 is 1.74 bits per heavy atom. The van der Waals surface area contributed by atoms with Gasteiger partial charge in [0.2, 0.25) is 0 Å². The molecule has 0 amide bonds. The van der Waals surface area contributed by atoms with Crippen LogP contribution < -0.4 is 5.32 Å². The van der Waals surface area contributed by atoms with Gasteiger partial charge in [-0.15, -0.1) is 0 Å². The second-order valence-electron chi connectivity index (χ2n) is 5.22. The Balaban J connectivity index is 3.29. The third-order valence-corrected chi connectivity index (χ3v) is 4.62. The maximum atomic E-state index is 6.42. The van der Waals surface area contributed by atoms with E-state index in [-0.39, 0.29) is 11.6 Å². The van der Waals surface area contributed by atoms with E-state index in [2.05, 4.69) is 57.2 Å². The Morgan fingerprint density at radius 3 is 2.16 bits per heavy atom. The molecule has 0 aliphatic rings. The molecule has 0 aromatic heterocycles. The van der Waals surface area contributed by atoms with Gasteiger partial charge in [0.05, 0.1) is 6.04 Å². The smallest absolute Gasteiger partial charge is 0.0521 e. The van der Waals surface area contributed by atoms with Crippen molar-refractivity contribution in [3.63, 3.8) is 0 Å². The maximum Gasteiger partial charge on any atom is 0.0521 e. The summed E-state index contributed by atoms with van der Waals surface area (Å²) in [5.41, 5.74) is 1.28. The molecular weight excluding hydrogens is 256 g/mol. The van der Waals surface area contributed by atoms with Crippen LogP contribution in [0.25, 0.3) is 0 Å². The summed E-state index contributed by atoms with van der Waals surface area (Å²) in [5.74, 6) is 0. The molecule has 1 atom stereocenters. The average molecular weight is 283 g/mol. The van der Waals surface area contributed by atoms with Crippen molar-refractivity contribution >= 4 is 11.6 Å². The Hall–Kier alpha value is -0.570. The highest BCUT2D eigenvalue weighted by molar-refractivity contribution is 6.31. The second kappa shape index (κ2) is 7.28. The number of benzene rings is 1. The van der Waals surface area contributed by atoms with Crippen LogP contribution in [0.4, 0.5) is 0 Å². The van der Waals surface area contributed by atoms with Crippen molar-refractivity contribution in [2.75, 3.05) is 20.6 Å². The second-order valence-corrected chi connectivity index (χ2v) is 5.62. The normalized spacial score (nSPS) is 13.8. The molecule has 0 saturated heterocycles. The fourth-order valence-electron chi connectivity index (χ4n) is 3.05. The van der Waals surface area contributed by atoms with Crippen LogP contribution in [-0.2, 0) is 0 Å². The Kier molecular flexibility index (Phi) is 6.31. The number of rotatable bonds is 7. The molecule has 1 aromatic rings. The first-order valence-corrected chi connectivity index (χ1v) is 7.56. The van der Waals surface area contributed by atoms with Crippen molar-refractivity contribution in [2.45, 2.75) is 45.2 Å². The molecule has 0 aliphatic heterocycles. The Labute approximate surface area is 123 Å². The molecule has 1 rings (SSSR count). The zero-order valence-electron chi connectivity index (χ0n) is 12.8. The monoisotopic (exact) mass is 282 g/mol. The predicted molar refractivity (Wildman–Crippen MR) is 84.9 cm³/mol. The molecule has 108 valence electrons. The summed E-state index contributed by atoms with van der Waals surface area (Å²) in [7, 11) is 4.32. The molecule has 0 fully saturated rings. The van der Waals surface area contributed by atoms with Gasteiger partial charge in [-0.05, 0) is 45.1 Å². The van der Waals surface area contributed by atoms with Gasteiger partial charge in [0.15, 0.2) is 0 Å². The van der Waals surface area contributed by atoms with E-state index < -0.39 is 0 Å². The SMILES string of the molecule is CCNC(c1ccccc1Cl)C(CC)(CC)N(C)C. The number of hydrogen-bond acceptors (Lipinski definition) is 2. The fourth-order valence-corrected chi connectivity index (χ4v) is 3.30. The molecule has 0 spiro atoms. The maximum absolute atomic E-state index is 6.42. The van der Waals surface area contributed by atoms with Crippen LogP contribution >= 0.6 is 11.6 Å². The van der Waals surface area contributed by atoms with E-state index in [0.717, 1.165) is 24.4 Å². The molecule has 1 N–H and O–H groups in total. The van der Waals surface area contributed by atoms with Crippen molar-refractivity contribution in [1.82, 2.24) is 10.2 Å². The van der Waals surface area contributed by atoms with Gasteiger partial charge in [-0.1, -0.05) is 50.6 Å². The van der Waals surface area contributed by atoms with E-state index in [1.807, 2.05) is 12.1 Å². The van der Waals surface area contributed by atoms with Crippen LogP contribution in [0, 0.1) is 0 Å². The van der Waals surface area contributed by atoms with Crippen LogP contribution in [0.1, 0.15) is 45.2 Å². The van der Waals surface area contributed by atoms with Gasteiger partial charge in [-0.3, -0.25) is 0 Å². The predicted octanol–water partition coefficient (Wildman–Crippen LogP) is 4.11. The number of nitrogens with one attached hydrogen (secondary N) is 1. The van der Waals surface area contributed by atoms with Crippen molar-refractivity contribution in [3.05, 3.63) is 34.9 Å². The fraction of sp³-hybridized carbons (Fsp3) is 0.625. The van der Waals surface area contributed by atoms with E-state index in [1.54, 1.807) is 0 Å². The molecule has 0 aliphatic carbocycles. The molecule has 0 radical (unpaired) electrons. The molecular formula is C16H27ClN2. The van der Waals surface area contributed by atoms with Gasteiger partial charge in [0, 0.05) is 10.6 Å². The Bertz CT molecular complexity index is 386. The zero-order chi connectivity index (χ0) is 14.5. The van der Waals surface area contributed by atoms with Gasteiger partial charge < -0.3 is 10.2 Å². The van der Waals surface area contributed by atoms with Crippen molar-refractivity contribution in [3.8, 4) is 0 Å². The zero-order valence-corrected chi connectivity index (χ0v) is 13.6. The van der Waals surface area contributed by atoms with Crippen LogP contribution in [-0.4, -0.2) is 31.1 Å². The van der Waals surface area contributed by atoms with Crippen molar-refractivity contribution < 1.29 is 0 Å². The minimum Gasteiger partial charge on any atom is -0.309 e.